The highest BCUT2D eigenvalue weighted by Gasteiger charge is 2.44. The van der Waals surface area contributed by atoms with E-state index in [0.29, 0.717) is 6.42 Å². The Morgan fingerprint density at radius 2 is 2.15 bits per heavy atom. The third-order valence-electron chi connectivity index (χ3n) is 5.85. The minimum atomic E-state index is -0.976. The van der Waals surface area contributed by atoms with Gasteiger partial charge in [0, 0.05) is 23.6 Å². The third-order valence-corrected chi connectivity index (χ3v) is 5.85. The van der Waals surface area contributed by atoms with Crippen molar-refractivity contribution in [3.8, 4) is 0 Å². The zero-order valence-corrected chi connectivity index (χ0v) is 15.9. The molecule has 148 valence electrons. The van der Waals surface area contributed by atoms with Crippen molar-refractivity contribution >= 4 is 17.0 Å². The molecule has 0 amide bonds. The molecule has 8 nitrogen and oxygen atoms in total. The van der Waals surface area contributed by atoms with E-state index in [-0.39, 0.29) is 24.4 Å². The molecule has 0 radical (unpaired) electrons. The van der Waals surface area contributed by atoms with Crippen LogP contribution in [0.2, 0.25) is 0 Å². The molecule has 1 aliphatic rings. The van der Waals surface area contributed by atoms with E-state index in [1.54, 1.807) is 6.20 Å². The standard InChI is InChI=1S/C19H28N4O4/c1-4-9(2)14(20)19(26)27-7-11-5-12(18(25)17(11)24)13-6-21-15-10(3)22-8-23-16(13)15/h6,8-9,11-12,14,17-18,21,24-25H,4-5,7,20H2,1-3H3/t9?,11-,12+,14+,17-,18+/m1/s1. The summed E-state index contributed by atoms with van der Waals surface area (Å²) >= 11 is 0. The monoisotopic (exact) mass is 376 g/mol. The molecule has 6 atom stereocenters. The van der Waals surface area contributed by atoms with Gasteiger partial charge in [-0.05, 0) is 19.3 Å². The van der Waals surface area contributed by atoms with E-state index in [2.05, 4.69) is 15.0 Å². The van der Waals surface area contributed by atoms with Gasteiger partial charge < -0.3 is 25.7 Å². The first kappa shape index (κ1) is 19.7. The number of rotatable bonds is 6. The number of H-pyrrole nitrogens is 1. The molecule has 1 aliphatic carbocycles. The Labute approximate surface area is 158 Å². The minimum Gasteiger partial charge on any atom is -0.464 e. The lowest BCUT2D eigenvalue weighted by atomic mass is 9.96. The fourth-order valence-corrected chi connectivity index (χ4v) is 3.74. The smallest absolute Gasteiger partial charge is 0.323 e. The molecule has 27 heavy (non-hydrogen) atoms. The Morgan fingerprint density at radius 1 is 1.41 bits per heavy atom. The van der Waals surface area contributed by atoms with Crippen LogP contribution in [0.1, 0.15) is 43.9 Å². The van der Waals surface area contributed by atoms with Gasteiger partial charge in [-0.3, -0.25) is 4.79 Å². The molecular formula is C19H28N4O4. The summed E-state index contributed by atoms with van der Waals surface area (Å²) in [7, 11) is 0. The van der Waals surface area contributed by atoms with Crippen molar-refractivity contribution in [2.24, 2.45) is 17.6 Å². The quantitative estimate of drug-likeness (QED) is 0.553. The molecule has 1 fully saturated rings. The summed E-state index contributed by atoms with van der Waals surface area (Å²) in [6.07, 6.45) is 2.64. The van der Waals surface area contributed by atoms with Gasteiger partial charge in [0.15, 0.2) is 0 Å². The maximum Gasteiger partial charge on any atom is 0.323 e. The van der Waals surface area contributed by atoms with Crippen LogP contribution in [0.3, 0.4) is 0 Å². The van der Waals surface area contributed by atoms with Crippen molar-refractivity contribution in [1.82, 2.24) is 15.0 Å². The van der Waals surface area contributed by atoms with Crippen LogP contribution in [0.5, 0.6) is 0 Å². The summed E-state index contributed by atoms with van der Waals surface area (Å²) in [5, 5.41) is 21.0. The number of ether oxygens (including phenoxy) is 1. The van der Waals surface area contributed by atoms with Crippen molar-refractivity contribution in [3.63, 3.8) is 0 Å². The summed E-state index contributed by atoms with van der Waals surface area (Å²) in [5.74, 6) is -1.09. The van der Waals surface area contributed by atoms with Crippen LogP contribution in [0.25, 0.3) is 11.0 Å². The maximum absolute atomic E-state index is 12.1. The van der Waals surface area contributed by atoms with Gasteiger partial charge in [-0.1, -0.05) is 20.3 Å². The number of hydrogen-bond donors (Lipinski definition) is 4. The van der Waals surface area contributed by atoms with Gasteiger partial charge in [-0.25, -0.2) is 9.97 Å². The molecule has 0 aromatic carbocycles. The van der Waals surface area contributed by atoms with E-state index in [0.717, 1.165) is 28.7 Å². The predicted octanol–water partition coefficient (Wildman–Crippen LogP) is 1.01. The van der Waals surface area contributed by atoms with Crippen molar-refractivity contribution < 1.29 is 19.7 Å². The fourth-order valence-electron chi connectivity index (χ4n) is 3.74. The van der Waals surface area contributed by atoms with E-state index < -0.39 is 24.2 Å². The number of esters is 1. The van der Waals surface area contributed by atoms with Crippen LogP contribution in [0, 0.1) is 18.8 Å². The first-order chi connectivity index (χ1) is 12.8. The Hall–Kier alpha value is -2.03. The number of aromatic nitrogens is 3. The average Bonchev–Trinajstić information content (AvgIpc) is 3.21. The molecule has 1 saturated carbocycles. The normalized spacial score (nSPS) is 27.6. The lowest BCUT2D eigenvalue weighted by Gasteiger charge is -2.20. The summed E-state index contributed by atoms with van der Waals surface area (Å²) < 4.78 is 5.33. The molecule has 2 aromatic heterocycles. The number of nitrogens with zero attached hydrogens (tertiary/aromatic N) is 2. The Morgan fingerprint density at radius 3 is 2.85 bits per heavy atom. The van der Waals surface area contributed by atoms with Crippen LogP contribution in [-0.2, 0) is 9.53 Å². The lowest BCUT2D eigenvalue weighted by Crippen LogP contribution is -2.39. The third kappa shape index (κ3) is 3.69. The van der Waals surface area contributed by atoms with Crippen molar-refractivity contribution in [2.75, 3.05) is 6.61 Å². The number of nitrogens with one attached hydrogen (secondary N) is 1. The van der Waals surface area contributed by atoms with E-state index in [1.165, 1.54) is 6.33 Å². The number of carbonyl (C=O) groups excluding carboxylic acids is 1. The molecule has 1 unspecified atom stereocenters. The van der Waals surface area contributed by atoms with Gasteiger partial charge in [-0.2, -0.15) is 0 Å². The van der Waals surface area contributed by atoms with Gasteiger partial charge in [0.05, 0.1) is 35.5 Å². The minimum absolute atomic E-state index is 0.0264. The van der Waals surface area contributed by atoms with E-state index in [4.69, 9.17) is 10.5 Å². The molecule has 0 saturated heterocycles. The summed E-state index contributed by atoms with van der Waals surface area (Å²) in [5.41, 5.74) is 9.13. The molecular weight excluding hydrogens is 348 g/mol. The number of fused-ring (bicyclic) bond motifs is 1. The van der Waals surface area contributed by atoms with Gasteiger partial charge in [0.25, 0.3) is 0 Å². The predicted molar refractivity (Wildman–Crippen MR) is 99.9 cm³/mol. The van der Waals surface area contributed by atoms with Crippen molar-refractivity contribution in [3.05, 3.63) is 23.8 Å². The van der Waals surface area contributed by atoms with Crippen LogP contribution in [0.4, 0.5) is 0 Å². The first-order valence-electron chi connectivity index (χ1n) is 9.42. The molecule has 0 bridgehead atoms. The number of nitrogens with two attached hydrogens (primary N) is 1. The van der Waals surface area contributed by atoms with E-state index >= 15 is 0 Å². The maximum atomic E-state index is 12.1. The topological polar surface area (TPSA) is 134 Å². The Balaban J connectivity index is 1.70. The van der Waals surface area contributed by atoms with Crippen LogP contribution in [0.15, 0.2) is 12.5 Å². The van der Waals surface area contributed by atoms with Crippen molar-refractivity contribution in [1.29, 1.82) is 0 Å². The number of aromatic amines is 1. The second-order valence-electron chi connectivity index (χ2n) is 7.55. The van der Waals surface area contributed by atoms with Gasteiger partial charge in [0.2, 0.25) is 0 Å². The lowest BCUT2D eigenvalue weighted by molar-refractivity contribution is -0.149. The highest BCUT2D eigenvalue weighted by atomic mass is 16.5. The molecule has 8 heteroatoms. The molecule has 0 spiro atoms. The Kier molecular flexibility index (Phi) is 5.78. The molecule has 3 rings (SSSR count). The summed E-state index contributed by atoms with van der Waals surface area (Å²) in [6, 6.07) is -0.678. The van der Waals surface area contributed by atoms with E-state index in [1.807, 2.05) is 20.8 Å². The average molecular weight is 376 g/mol. The SMILES string of the molecule is CCC(C)[C@H](N)C(=O)OC[C@H]1C[C@@H](c2c[nH]c3c(C)ncnc23)[C@H](O)[C@@H]1O. The highest BCUT2D eigenvalue weighted by molar-refractivity contribution is 5.81. The zero-order valence-electron chi connectivity index (χ0n) is 15.9. The number of carbonyl (C=O) groups is 1. The van der Waals surface area contributed by atoms with Crippen molar-refractivity contribution in [2.45, 2.75) is 57.8 Å². The van der Waals surface area contributed by atoms with Crippen LogP contribution < -0.4 is 5.73 Å². The summed E-state index contributed by atoms with van der Waals surface area (Å²) in [6.45, 7) is 5.78. The number of aliphatic hydroxyl groups is 2. The second kappa shape index (κ2) is 7.92. The first-order valence-corrected chi connectivity index (χ1v) is 9.42. The van der Waals surface area contributed by atoms with E-state index in [9.17, 15) is 15.0 Å². The number of aryl methyl sites for hydroxylation is 1. The van der Waals surface area contributed by atoms with Gasteiger partial charge in [-0.15, -0.1) is 0 Å². The highest BCUT2D eigenvalue weighted by Crippen LogP contribution is 2.41. The van der Waals surface area contributed by atoms with Gasteiger partial charge >= 0.3 is 5.97 Å². The Bertz CT molecular complexity index is 808. The molecule has 2 aromatic rings. The number of hydrogen-bond acceptors (Lipinski definition) is 7. The zero-order chi connectivity index (χ0) is 19.7. The largest absolute Gasteiger partial charge is 0.464 e. The fraction of sp³-hybridized carbons (Fsp3) is 0.632. The number of aliphatic hydroxyl groups excluding tert-OH is 2. The van der Waals surface area contributed by atoms with Gasteiger partial charge in [0.1, 0.15) is 12.4 Å². The second-order valence-corrected chi connectivity index (χ2v) is 7.55. The van der Waals surface area contributed by atoms with Crippen LogP contribution in [-0.4, -0.2) is 56.0 Å². The van der Waals surface area contributed by atoms with Crippen LogP contribution >= 0.6 is 0 Å². The molecule has 2 heterocycles. The molecule has 5 N–H and O–H groups in total. The molecule has 0 aliphatic heterocycles. The summed E-state index contributed by atoms with van der Waals surface area (Å²) in [4.78, 5) is 23.7.